The first kappa shape index (κ1) is 14.1. The van der Waals surface area contributed by atoms with Gasteiger partial charge in [0.1, 0.15) is 0 Å². The second-order valence-corrected chi connectivity index (χ2v) is 4.79. The summed E-state index contributed by atoms with van der Waals surface area (Å²) in [7, 11) is 0. The van der Waals surface area contributed by atoms with E-state index >= 15 is 0 Å². The van der Waals surface area contributed by atoms with Crippen LogP contribution in [-0.4, -0.2) is 11.9 Å². The standard InChI is InChI=1S/C11H15Cl3N2/c12-6-2-3-8(16-15)7-9-10(13)4-1-5-11(9)14/h1,4-5,8,16H,2-3,6-7,15H2. The number of benzene rings is 1. The van der Waals surface area contributed by atoms with Gasteiger partial charge in [0.2, 0.25) is 0 Å². The SMILES string of the molecule is NNC(CCCCl)Cc1c(Cl)cccc1Cl. The molecule has 5 heteroatoms. The summed E-state index contributed by atoms with van der Waals surface area (Å²) < 4.78 is 0. The first-order chi connectivity index (χ1) is 7.69. The average Bonchev–Trinajstić information content (AvgIpc) is 2.28. The van der Waals surface area contributed by atoms with E-state index in [0.717, 1.165) is 18.4 Å². The quantitative estimate of drug-likeness (QED) is 0.476. The summed E-state index contributed by atoms with van der Waals surface area (Å²) in [6.07, 6.45) is 2.53. The second kappa shape index (κ2) is 7.36. The van der Waals surface area contributed by atoms with Gasteiger partial charge in [0.15, 0.2) is 0 Å². The van der Waals surface area contributed by atoms with Crippen LogP contribution in [0.15, 0.2) is 18.2 Å². The van der Waals surface area contributed by atoms with Gasteiger partial charge in [0.25, 0.3) is 0 Å². The summed E-state index contributed by atoms with van der Waals surface area (Å²) in [5.41, 5.74) is 3.70. The molecule has 90 valence electrons. The van der Waals surface area contributed by atoms with Crippen molar-refractivity contribution < 1.29 is 0 Å². The van der Waals surface area contributed by atoms with E-state index in [1.807, 2.05) is 18.2 Å². The number of nitrogens with two attached hydrogens (primary N) is 1. The highest BCUT2D eigenvalue weighted by atomic mass is 35.5. The van der Waals surface area contributed by atoms with Crippen molar-refractivity contribution >= 4 is 34.8 Å². The van der Waals surface area contributed by atoms with Crippen LogP contribution in [-0.2, 0) is 6.42 Å². The summed E-state index contributed by atoms with van der Waals surface area (Å²) in [5.74, 6) is 6.12. The highest BCUT2D eigenvalue weighted by Gasteiger charge is 2.12. The number of nitrogens with one attached hydrogen (secondary N) is 1. The van der Waals surface area contributed by atoms with Gasteiger partial charge in [0.05, 0.1) is 0 Å². The Kier molecular flexibility index (Phi) is 6.47. The topological polar surface area (TPSA) is 38.0 Å². The molecule has 0 aromatic heterocycles. The molecule has 0 aliphatic heterocycles. The van der Waals surface area contributed by atoms with E-state index in [1.54, 1.807) is 0 Å². The van der Waals surface area contributed by atoms with Gasteiger partial charge in [-0.2, -0.15) is 0 Å². The highest BCUT2D eigenvalue weighted by molar-refractivity contribution is 6.36. The number of rotatable bonds is 6. The van der Waals surface area contributed by atoms with E-state index in [0.29, 0.717) is 22.3 Å². The van der Waals surface area contributed by atoms with Gasteiger partial charge in [-0.3, -0.25) is 11.3 Å². The molecule has 0 fully saturated rings. The van der Waals surface area contributed by atoms with Crippen LogP contribution in [0.25, 0.3) is 0 Å². The zero-order valence-corrected chi connectivity index (χ0v) is 11.1. The molecule has 1 unspecified atom stereocenters. The van der Waals surface area contributed by atoms with Crippen LogP contribution in [0.2, 0.25) is 10.0 Å². The summed E-state index contributed by atoms with van der Waals surface area (Å²) in [6, 6.07) is 5.64. The van der Waals surface area contributed by atoms with E-state index < -0.39 is 0 Å². The van der Waals surface area contributed by atoms with Crippen LogP contribution < -0.4 is 11.3 Å². The molecule has 16 heavy (non-hydrogen) atoms. The molecular weight excluding hydrogens is 266 g/mol. The number of hydrogen-bond acceptors (Lipinski definition) is 2. The molecule has 0 heterocycles. The Morgan fingerprint density at radius 2 is 1.88 bits per heavy atom. The summed E-state index contributed by atoms with van der Waals surface area (Å²) in [5, 5.41) is 1.36. The predicted octanol–water partition coefficient (Wildman–Crippen LogP) is 3.39. The molecule has 0 saturated heterocycles. The fraction of sp³-hybridized carbons (Fsp3) is 0.455. The first-order valence-corrected chi connectivity index (χ1v) is 6.43. The van der Waals surface area contributed by atoms with Crippen LogP contribution in [0.3, 0.4) is 0 Å². The number of alkyl halides is 1. The molecule has 0 spiro atoms. The van der Waals surface area contributed by atoms with Crippen molar-refractivity contribution in [2.45, 2.75) is 25.3 Å². The molecule has 2 nitrogen and oxygen atoms in total. The van der Waals surface area contributed by atoms with Crippen molar-refractivity contribution in [2.24, 2.45) is 5.84 Å². The van der Waals surface area contributed by atoms with Crippen molar-refractivity contribution in [3.05, 3.63) is 33.8 Å². The maximum atomic E-state index is 6.09. The Hall–Kier alpha value is 0.01000. The fourth-order valence-corrected chi connectivity index (χ4v) is 2.25. The van der Waals surface area contributed by atoms with Crippen LogP contribution in [0, 0.1) is 0 Å². The summed E-state index contributed by atoms with van der Waals surface area (Å²) in [4.78, 5) is 0. The molecule has 1 atom stereocenters. The molecule has 0 aliphatic rings. The molecule has 0 amide bonds. The van der Waals surface area contributed by atoms with Gasteiger partial charge in [0, 0.05) is 22.0 Å². The van der Waals surface area contributed by atoms with E-state index in [4.69, 9.17) is 40.6 Å². The van der Waals surface area contributed by atoms with Gasteiger partial charge >= 0.3 is 0 Å². The third-order valence-electron chi connectivity index (χ3n) is 2.43. The Labute approximate surface area is 111 Å². The zero-order chi connectivity index (χ0) is 12.0. The van der Waals surface area contributed by atoms with Gasteiger partial charge in [-0.1, -0.05) is 29.3 Å². The Balaban J connectivity index is 2.69. The van der Waals surface area contributed by atoms with Crippen LogP contribution >= 0.6 is 34.8 Å². The van der Waals surface area contributed by atoms with Crippen molar-refractivity contribution in [2.75, 3.05) is 5.88 Å². The minimum absolute atomic E-state index is 0.149. The zero-order valence-electron chi connectivity index (χ0n) is 8.85. The highest BCUT2D eigenvalue weighted by Crippen LogP contribution is 2.26. The predicted molar refractivity (Wildman–Crippen MR) is 71.2 cm³/mol. The van der Waals surface area contributed by atoms with E-state index in [2.05, 4.69) is 5.43 Å². The van der Waals surface area contributed by atoms with Crippen molar-refractivity contribution in [1.82, 2.24) is 5.43 Å². The maximum Gasteiger partial charge on any atom is 0.0453 e. The van der Waals surface area contributed by atoms with Crippen molar-refractivity contribution in [3.8, 4) is 0 Å². The number of hydrogen-bond donors (Lipinski definition) is 2. The summed E-state index contributed by atoms with van der Waals surface area (Å²) >= 11 is 17.8. The Bertz CT molecular complexity index is 311. The van der Waals surface area contributed by atoms with Gasteiger partial charge < -0.3 is 0 Å². The van der Waals surface area contributed by atoms with Crippen molar-refractivity contribution in [3.63, 3.8) is 0 Å². The van der Waals surface area contributed by atoms with Gasteiger partial charge in [-0.05, 0) is 37.0 Å². The molecule has 0 saturated carbocycles. The lowest BCUT2D eigenvalue weighted by Gasteiger charge is -2.16. The fourth-order valence-electron chi connectivity index (χ4n) is 1.54. The third kappa shape index (κ3) is 4.11. The maximum absolute atomic E-state index is 6.09. The number of hydrazine groups is 1. The number of halogens is 3. The van der Waals surface area contributed by atoms with E-state index in [-0.39, 0.29) is 6.04 Å². The van der Waals surface area contributed by atoms with Gasteiger partial charge in [-0.15, -0.1) is 11.6 Å². The second-order valence-electron chi connectivity index (χ2n) is 3.60. The molecule has 0 aliphatic carbocycles. The molecule has 3 N–H and O–H groups in total. The van der Waals surface area contributed by atoms with Crippen molar-refractivity contribution in [1.29, 1.82) is 0 Å². The Morgan fingerprint density at radius 1 is 1.25 bits per heavy atom. The molecule has 1 rings (SSSR count). The Morgan fingerprint density at radius 3 is 2.38 bits per heavy atom. The average molecular weight is 282 g/mol. The lowest BCUT2D eigenvalue weighted by Crippen LogP contribution is -2.36. The van der Waals surface area contributed by atoms with E-state index in [9.17, 15) is 0 Å². The van der Waals surface area contributed by atoms with Crippen LogP contribution in [0.1, 0.15) is 18.4 Å². The summed E-state index contributed by atoms with van der Waals surface area (Å²) in [6.45, 7) is 0. The normalized spacial score (nSPS) is 12.8. The minimum Gasteiger partial charge on any atom is -0.271 e. The molecule has 1 aromatic carbocycles. The molecule has 1 aromatic rings. The smallest absolute Gasteiger partial charge is 0.0453 e. The lowest BCUT2D eigenvalue weighted by atomic mass is 10.0. The molecule has 0 radical (unpaired) electrons. The lowest BCUT2D eigenvalue weighted by molar-refractivity contribution is 0.487. The molecule has 0 bridgehead atoms. The van der Waals surface area contributed by atoms with E-state index in [1.165, 1.54) is 0 Å². The monoisotopic (exact) mass is 280 g/mol. The molecular formula is C11H15Cl3N2. The minimum atomic E-state index is 0.149. The largest absolute Gasteiger partial charge is 0.271 e. The van der Waals surface area contributed by atoms with Gasteiger partial charge in [-0.25, -0.2) is 0 Å². The third-order valence-corrected chi connectivity index (χ3v) is 3.41. The first-order valence-electron chi connectivity index (χ1n) is 5.14. The van der Waals surface area contributed by atoms with Crippen LogP contribution in [0.5, 0.6) is 0 Å². The van der Waals surface area contributed by atoms with Crippen LogP contribution in [0.4, 0.5) is 0 Å².